The largest absolute Gasteiger partial charge is 0.465 e. The van der Waals surface area contributed by atoms with Crippen LogP contribution in [0, 0.1) is 6.92 Å². The number of hydrogen-bond donors (Lipinski definition) is 0. The van der Waals surface area contributed by atoms with Crippen molar-refractivity contribution in [2.24, 2.45) is 0 Å². The van der Waals surface area contributed by atoms with E-state index in [4.69, 9.17) is 9.15 Å². The molecule has 0 aromatic carbocycles. The van der Waals surface area contributed by atoms with Crippen LogP contribution < -0.4 is 0 Å². The van der Waals surface area contributed by atoms with Crippen LogP contribution >= 0.6 is 0 Å². The van der Waals surface area contributed by atoms with Gasteiger partial charge >= 0.3 is 0 Å². The van der Waals surface area contributed by atoms with Crippen molar-refractivity contribution in [3.63, 3.8) is 0 Å². The van der Waals surface area contributed by atoms with Crippen molar-refractivity contribution < 1.29 is 22.4 Å². The summed E-state index contributed by atoms with van der Waals surface area (Å²) < 4.78 is 35.2. The van der Waals surface area contributed by atoms with Crippen LogP contribution in [-0.2, 0) is 25.9 Å². The van der Waals surface area contributed by atoms with Gasteiger partial charge in [-0.1, -0.05) is 0 Å². The number of hydrogen-bond acceptors (Lipinski definition) is 6. The summed E-state index contributed by atoms with van der Waals surface area (Å²) in [6.45, 7) is 5.91. The highest BCUT2D eigenvalue weighted by atomic mass is 32.2. The molecule has 2 aliphatic rings. The molecular weight excluding hydrogens is 332 g/mol. The van der Waals surface area contributed by atoms with E-state index in [0.717, 1.165) is 11.5 Å². The third-order valence-corrected chi connectivity index (χ3v) is 6.39. The zero-order valence-electron chi connectivity index (χ0n) is 14.1. The van der Waals surface area contributed by atoms with Gasteiger partial charge in [0, 0.05) is 25.7 Å². The summed E-state index contributed by atoms with van der Waals surface area (Å²) in [5.41, 5.74) is 0. The maximum Gasteiger partial charge on any atom is 0.248 e. The second-order valence-electron chi connectivity index (χ2n) is 6.42. The van der Waals surface area contributed by atoms with Gasteiger partial charge in [-0.25, -0.2) is 8.42 Å². The molecular formula is C16H24N2O5S. The zero-order valence-corrected chi connectivity index (χ0v) is 14.9. The Morgan fingerprint density at radius 1 is 1.29 bits per heavy atom. The molecule has 0 saturated carbocycles. The highest BCUT2D eigenvalue weighted by Crippen LogP contribution is 2.28. The predicted octanol–water partition coefficient (Wildman–Crippen LogP) is 0.434. The van der Waals surface area contributed by atoms with Gasteiger partial charge in [-0.3, -0.25) is 9.69 Å². The maximum atomic E-state index is 12.3. The van der Waals surface area contributed by atoms with E-state index in [0.29, 0.717) is 26.2 Å². The lowest BCUT2D eigenvalue weighted by atomic mass is 10.0. The molecule has 3 rings (SSSR count). The molecule has 3 heterocycles. The molecule has 2 saturated heterocycles. The minimum atomic E-state index is -3.14. The summed E-state index contributed by atoms with van der Waals surface area (Å²) >= 11 is 0. The van der Waals surface area contributed by atoms with Crippen LogP contribution in [0.5, 0.6) is 0 Å². The third kappa shape index (κ3) is 3.65. The number of fused-ring (bicyclic) bond motifs is 1. The molecule has 0 N–H and O–H groups in total. The number of ether oxygens (including phenoxy) is 1. The van der Waals surface area contributed by atoms with E-state index < -0.39 is 9.84 Å². The molecule has 2 atom stereocenters. The van der Waals surface area contributed by atoms with Crippen molar-refractivity contribution >= 4 is 15.7 Å². The van der Waals surface area contributed by atoms with Gasteiger partial charge in [-0.15, -0.1) is 0 Å². The monoisotopic (exact) mass is 356 g/mol. The minimum absolute atomic E-state index is 0.0111. The molecule has 2 aliphatic heterocycles. The number of furan rings is 1. The van der Waals surface area contributed by atoms with E-state index in [2.05, 4.69) is 4.90 Å². The molecule has 8 heteroatoms. The third-order valence-electron chi connectivity index (χ3n) is 4.70. The Bertz CT molecular complexity index is 699. The molecule has 0 radical (unpaired) electrons. The van der Waals surface area contributed by atoms with Crippen molar-refractivity contribution in [1.82, 2.24) is 9.80 Å². The van der Waals surface area contributed by atoms with E-state index in [9.17, 15) is 13.2 Å². The number of carbonyl (C=O) groups excluding carboxylic acids is 1. The number of nitrogens with zero attached hydrogens (tertiary/aromatic N) is 2. The van der Waals surface area contributed by atoms with Crippen LogP contribution in [-0.4, -0.2) is 74.0 Å². The normalized spacial score (nSPS) is 26.5. The summed E-state index contributed by atoms with van der Waals surface area (Å²) in [5, 5.41) is 0. The highest BCUT2D eigenvalue weighted by molar-refractivity contribution is 7.91. The van der Waals surface area contributed by atoms with Crippen LogP contribution in [0.3, 0.4) is 0 Å². The molecule has 24 heavy (non-hydrogen) atoms. The quantitative estimate of drug-likeness (QED) is 0.761. The zero-order chi connectivity index (χ0) is 17.3. The summed E-state index contributed by atoms with van der Waals surface area (Å²) in [6, 6.07) is 3.34. The molecule has 134 valence electrons. The molecule has 0 unspecified atom stereocenters. The number of sulfone groups is 1. The average Bonchev–Trinajstić information content (AvgIpc) is 3.07. The van der Waals surface area contributed by atoms with E-state index in [1.54, 1.807) is 4.90 Å². The minimum Gasteiger partial charge on any atom is -0.465 e. The lowest BCUT2D eigenvalue weighted by molar-refractivity contribution is -0.142. The van der Waals surface area contributed by atoms with E-state index in [1.807, 2.05) is 26.0 Å². The van der Waals surface area contributed by atoms with Gasteiger partial charge in [0.15, 0.2) is 9.84 Å². The maximum absolute atomic E-state index is 12.3. The molecule has 0 aliphatic carbocycles. The predicted molar refractivity (Wildman–Crippen MR) is 88.3 cm³/mol. The first-order chi connectivity index (χ1) is 11.4. The number of piperazine rings is 1. The van der Waals surface area contributed by atoms with Gasteiger partial charge in [0.25, 0.3) is 0 Å². The second-order valence-corrected chi connectivity index (χ2v) is 8.57. The molecule has 0 bridgehead atoms. The lowest BCUT2D eigenvalue weighted by Gasteiger charge is -2.43. The van der Waals surface area contributed by atoms with Crippen molar-refractivity contribution in [1.29, 1.82) is 0 Å². The highest BCUT2D eigenvalue weighted by Gasteiger charge is 2.48. The van der Waals surface area contributed by atoms with Crippen molar-refractivity contribution in [3.8, 4) is 0 Å². The average molecular weight is 356 g/mol. The van der Waals surface area contributed by atoms with Crippen molar-refractivity contribution in [2.75, 3.05) is 37.8 Å². The Balaban J connectivity index is 1.76. The summed E-state index contributed by atoms with van der Waals surface area (Å²) in [5.74, 6) is 1.66. The van der Waals surface area contributed by atoms with Gasteiger partial charge in [0.2, 0.25) is 5.91 Å². The molecule has 2 fully saturated rings. The van der Waals surface area contributed by atoms with Gasteiger partial charge in [-0.2, -0.15) is 0 Å². The van der Waals surface area contributed by atoms with Crippen LogP contribution in [0.15, 0.2) is 16.5 Å². The Kier molecular flexibility index (Phi) is 4.98. The van der Waals surface area contributed by atoms with Crippen LogP contribution in [0.25, 0.3) is 0 Å². The molecule has 1 aromatic rings. The molecule has 1 amide bonds. The fourth-order valence-corrected chi connectivity index (χ4v) is 5.59. The van der Waals surface area contributed by atoms with E-state index in [1.165, 1.54) is 0 Å². The first kappa shape index (κ1) is 17.4. The molecule has 0 spiro atoms. The Hall–Kier alpha value is -1.38. The summed E-state index contributed by atoms with van der Waals surface area (Å²) in [7, 11) is -3.14. The van der Waals surface area contributed by atoms with Gasteiger partial charge in [0.1, 0.15) is 18.1 Å². The van der Waals surface area contributed by atoms with E-state index in [-0.39, 0.29) is 36.1 Å². The number of aryl methyl sites for hydroxylation is 1. The van der Waals surface area contributed by atoms with Crippen LogP contribution in [0.1, 0.15) is 18.4 Å². The summed E-state index contributed by atoms with van der Waals surface area (Å²) in [6.07, 6.45) is 0. The molecule has 7 nitrogen and oxygen atoms in total. The fraction of sp³-hybridized carbons (Fsp3) is 0.688. The SMILES string of the molecule is CCOCC(=O)N1CCN(Cc2ccc(C)o2)[C@H]2CS(=O)(=O)C[C@H]21. The first-order valence-electron chi connectivity index (χ1n) is 8.26. The fourth-order valence-electron chi connectivity index (χ4n) is 3.57. The van der Waals surface area contributed by atoms with Crippen LogP contribution in [0.4, 0.5) is 0 Å². The standard InChI is InChI=1S/C16H24N2O5S/c1-3-22-9-16(19)18-7-6-17(8-13-5-4-12(2)23-13)14-10-24(20,21)11-15(14)18/h4-5,14-15H,3,6-11H2,1-2H3/t14-,15+/m0/s1. The van der Waals surface area contributed by atoms with E-state index >= 15 is 0 Å². The van der Waals surface area contributed by atoms with Gasteiger partial charge < -0.3 is 14.1 Å². The van der Waals surface area contributed by atoms with Gasteiger partial charge in [0.05, 0.1) is 24.1 Å². The Labute approximate surface area is 142 Å². The Morgan fingerprint density at radius 2 is 2.04 bits per heavy atom. The van der Waals surface area contributed by atoms with Crippen molar-refractivity contribution in [3.05, 3.63) is 23.7 Å². The molecule has 1 aromatic heterocycles. The first-order valence-corrected chi connectivity index (χ1v) is 10.1. The smallest absolute Gasteiger partial charge is 0.248 e. The van der Waals surface area contributed by atoms with Crippen LogP contribution in [0.2, 0.25) is 0 Å². The number of carbonyl (C=O) groups is 1. The second kappa shape index (κ2) is 6.85. The van der Waals surface area contributed by atoms with Crippen molar-refractivity contribution in [2.45, 2.75) is 32.5 Å². The number of rotatable bonds is 5. The summed E-state index contributed by atoms with van der Waals surface area (Å²) in [4.78, 5) is 16.2. The Morgan fingerprint density at radius 3 is 2.71 bits per heavy atom. The topological polar surface area (TPSA) is 80.1 Å². The van der Waals surface area contributed by atoms with Gasteiger partial charge in [-0.05, 0) is 26.0 Å². The lowest BCUT2D eigenvalue weighted by Crippen LogP contribution is -2.60. The number of amides is 1.